The molecule has 0 radical (unpaired) electrons. The van der Waals surface area contributed by atoms with Crippen molar-refractivity contribution in [3.05, 3.63) is 42.0 Å². The third kappa shape index (κ3) is 1.36. The Morgan fingerprint density at radius 2 is 1.86 bits per heavy atom. The average Bonchev–Trinajstić information content (AvgIpc) is 2.18. The van der Waals surface area contributed by atoms with Gasteiger partial charge >= 0.3 is 0 Å². The minimum absolute atomic E-state index is 0.444. The Morgan fingerprint density at radius 3 is 2.57 bits per heavy atom. The summed E-state index contributed by atoms with van der Waals surface area (Å²) < 4.78 is 0. The van der Waals surface area contributed by atoms with Crippen molar-refractivity contribution in [1.82, 2.24) is 0 Å². The minimum atomic E-state index is -0.444. The largest absolute Gasteiger partial charge is 0.366 e. The zero-order valence-corrected chi connectivity index (χ0v) is 8.29. The second-order valence-corrected chi connectivity index (χ2v) is 3.49. The van der Waals surface area contributed by atoms with Crippen molar-refractivity contribution in [3.63, 3.8) is 0 Å². The van der Waals surface area contributed by atoms with Crippen molar-refractivity contribution in [2.75, 3.05) is 0 Å². The molecule has 3 heteroatoms. The Kier molecular flexibility index (Phi) is 2.17. The molecule has 2 nitrogen and oxygen atoms in total. The molecular weight excluding hydrogens is 194 g/mol. The van der Waals surface area contributed by atoms with Crippen molar-refractivity contribution in [2.24, 2.45) is 5.73 Å². The summed E-state index contributed by atoms with van der Waals surface area (Å²) in [5, 5.41) is 2.01. The molecule has 70 valence electrons. The number of benzene rings is 2. The standard InChI is InChI=1S/C11H9NOS/c12-11(13)9-6-5-7-3-1-2-4-8(7)10(9)14/h1-6,14H,(H2,12,13). The van der Waals surface area contributed by atoms with Crippen molar-refractivity contribution < 1.29 is 4.79 Å². The Balaban J connectivity index is 2.81. The fraction of sp³-hybridized carbons (Fsp3) is 0. The summed E-state index contributed by atoms with van der Waals surface area (Å²) in [5.41, 5.74) is 5.68. The molecule has 0 aliphatic carbocycles. The maximum absolute atomic E-state index is 11.0. The lowest BCUT2D eigenvalue weighted by molar-refractivity contribution is 0.0998. The van der Waals surface area contributed by atoms with Crippen molar-refractivity contribution in [2.45, 2.75) is 4.90 Å². The molecule has 0 atom stereocenters. The summed E-state index contributed by atoms with van der Waals surface area (Å²) in [6.45, 7) is 0. The van der Waals surface area contributed by atoms with E-state index in [1.165, 1.54) is 0 Å². The van der Waals surface area contributed by atoms with Crippen molar-refractivity contribution >= 4 is 29.3 Å². The lowest BCUT2D eigenvalue weighted by Crippen LogP contribution is -2.11. The van der Waals surface area contributed by atoms with Crippen molar-refractivity contribution in [3.8, 4) is 0 Å². The van der Waals surface area contributed by atoms with Crippen LogP contribution in [0.2, 0.25) is 0 Å². The highest BCUT2D eigenvalue weighted by Gasteiger charge is 2.07. The number of carbonyl (C=O) groups is 1. The van der Waals surface area contributed by atoms with Crippen LogP contribution < -0.4 is 5.73 Å². The number of hydrogen-bond donors (Lipinski definition) is 2. The first-order valence-corrected chi connectivity index (χ1v) is 4.65. The van der Waals surface area contributed by atoms with E-state index in [1.807, 2.05) is 30.3 Å². The third-order valence-corrected chi connectivity index (χ3v) is 2.65. The van der Waals surface area contributed by atoms with Crippen molar-refractivity contribution in [1.29, 1.82) is 0 Å². The molecule has 2 N–H and O–H groups in total. The van der Waals surface area contributed by atoms with Gasteiger partial charge in [0.05, 0.1) is 5.56 Å². The lowest BCUT2D eigenvalue weighted by Gasteiger charge is -2.04. The quantitative estimate of drug-likeness (QED) is 0.686. The minimum Gasteiger partial charge on any atom is -0.366 e. The first-order valence-electron chi connectivity index (χ1n) is 4.20. The van der Waals surface area contributed by atoms with Crippen LogP contribution in [0.15, 0.2) is 41.3 Å². The van der Waals surface area contributed by atoms with Crippen LogP contribution in [0.4, 0.5) is 0 Å². The van der Waals surface area contributed by atoms with Crippen LogP contribution in [-0.4, -0.2) is 5.91 Å². The van der Waals surface area contributed by atoms with E-state index < -0.39 is 5.91 Å². The van der Waals surface area contributed by atoms with Gasteiger partial charge in [-0.3, -0.25) is 4.79 Å². The molecule has 0 unspecified atom stereocenters. The molecule has 0 aromatic heterocycles. The highest BCUT2D eigenvalue weighted by molar-refractivity contribution is 7.80. The number of rotatable bonds is 1. The third-order valence-electron chi connectivity index (χ3n) is 2.17. The van der Waals surface area contributed by atoms with Gasteiger partial charge in [0.2, 0.25) is 5.91 Å². The zero-order chi connectivity index (χ0) is 10.1. The van der Waals surface area contributed by atoms with E-state index in [9.17, 15) is 4.79 Å². The molecule has 0 aliphatic heterocycles. The number of hydrogen-bond acceptors (Lipinski definition) is 2. The first kappa shape index (κ1) is 9.09. The van der Waals surface area contributed by atoms with Crippen LogP contribution in [-0.2, 0) is 0 Å². The van der Waals surface area contributed by atoms with Gasteiger partial charge in [-0.25, -0.2) is 0 Å². The van der Waals surface area contributed by atoms with E-state index in [-0.39, 0.29) is 0 Å². The van der Waals surface area contributed by atoms with E-state index >= 15 is 0 Å². The average molecular weight is 203 g/mol. The summed E-state index contributed by atoms with van der Waals surface area (Å²) in [7, 11) is 0. The van der Waals surface area contributed by atoms with Crippen LogP contribution in [0, 0.1) is 0 Å². The SMILES string of the molecule is NC(=O)c1ccc2ccccc2c1S. The van der Waals surface area contributed by atoms with E-state index in [0.29, 0.717) is 10.5 Å². The molecule has 1 amide bonds. The van der Waals surface area contributed by atoms with Gasteiger partial charge in [0.15, 0.2) is 0 Å². The number of fused-ring (bicyclic) bond motifs is 1. The highest BCUT2D eigenvalue weighted by atomic mass is 32.1. The molecule has 0 spiro atoms. The lowest BCUT2D eigenvalue weighted by atomic mass is 10.1. The summed E-state index contributed by atoms with van der Waals surface area (Å²) in [6, 6.07) is 11.3. The molecule has 2 rings (SSSR count). The summed E-state index contributed by atoms with van der Waals surface area (Å²) in [6.07, 6.45) is 0. The second kappa shape index (κ2) is 3.35. The number of nitrogens with two attached hydrogens (primary N) is 1. The Morgan fingerprint density at radius 1 is 1.14 bits per heavy atom. The van der Waals surface area contributed by atoms with Gasteiger partial charge < -0.3 is 5.73 Å². The van der Waals surface area contributed by atoms with E-state index in [1.54, 1.807) is 6.07 Å². The number of primary amides is 1. The fourth-order valence-electron chi connectivity index (χ4n) is 1.45. The monoisotopic (exact) mass is 203 g/mol. The van der Waals surface area contributed by atoms with Crippen LogP contribution in [0.5, 0.6) is 0 Å². The second-order valence-electron chi connectivity index (χ2n) is 3.05. The predicted molar refractivity (Wildman–Crippen MR) is 59.7 cm³/mol. The van der Waals surface area contributed by atoms with Crippen LogP contribution in [0.1, 0.15) is 10.4 Å². The van der Waals surface area contributed by atoms with E-state index in [0.717, 1.165) is 10.8 Å². The van der Waals surface area contributed by atoms with E-state index in [2.05, 4.69) is 12.6 Å². The smallest absolute Gasteiger partial charge is 0.249 e. The molecule has 0 bridgehead atoms. The zero-order valence-electron chi connectivity index (χ0n) is 7.40. The molecule has 2 aromatic carbocycles. The maximum Gasteiger partial charge on any atom is 0.249 e. The number of amides is 1. The van der Waals surface area contributed by atoms with Crippen LogP contribution in [0.3, 0.4) is 0 Å². The van der Waals surface area contributed by atoms with Gasteiger partial charge in [0, 0.05) is 4.90 Å². The van der Waals surface area contributed by atoms with Gasteiger partial charge in [-0.15, -0.1) is 12.6 Å². The summed E-state index contributed by atoms with van der Waals surface area (Å²) >= 11 is 4.30. The molecule has 0 fully saturated rings. The van der Waals surface area contributed by atoms with Gasteiger partial charge in [-0.2, -0.15) is 0 Å². The number of carbonyl (C=O) groups excluding carboxylic acids is 1. The molecule has 0 heterocycles. The first-order chi connectivity index (χ1) is 6.70. The highest BCUT2D eigenvalue weighted by Crippen LogP contribution is 2.25. The fourth-order valence-corrected chi connectivity index (χ4v) is 1.84. The van der Waals surface area contributed by atoms with Crippen LogP contribution in [0.25, 0.3) is 10.8 Å². The van der Waals surface area contributed by atoms with Crippen LogP contribution >= 0.6 is 12.6 Å². The molecule has 0 aliphatic rings. The topological polar surface area (TPSA) is 43.1 Å². The molecule has 14 heavy (non-hydrogen) atoms. The van der Waals surface area contributed by atoms with Gasteiger partial charge in [0.1, 0.15) is 0 Å². The molecule has 0 saturated heterocycles. The molecule has 0 saturated carbocycles. The molecule has 2 aromatic rings. The number of thiol groups is 1. The Bertz CT molecular complexity index is 508. The van der Waals surface area contributed by atoms with E-state index in [4.69, 9.17) is 5.73 Å². The maximum atomic E-state index is 11.0. The van der Waals surface area contributed by atoms with Gasteiger partial charge in [-0.05, 0) is 16.8 Å². The summed E-state index contributed by atoms with van der Waals surface area (Å²) in [5.74, 6) is -0.444. The van der Waals surface area contributed by atoms with Gasteiger partial charge in [0.25, 0.3) is 0 Å². The normalized spacial score (nSPS) is 10.4. The Hall–Kier alpha value is -1.48. The Labute approximate surface area is 87.1 Å². The predicted octanol–water partition coefficient (Wildman–Crippen LogP) is 2.23. The summed E-state index contributed by atoms with van der Waals surface area (Å²) in [4.78, 5) is 11.7. The molecular formula is C11H9NOS. The van der Waals surface area contributed by atoms with Gasteiger partial charge in [-0.1, -0.05) is 30.3 Å².